The normalized spacial score (nSPS) is 14.2. The van der Waals surface area contributed by atoms with Crippen LogP contribution in [0.25, 0.3) is 0 Å². The van der Waals surface area contributed by atoms with Gasteiger partial charge in [-0.2, -0.15) is 0 Å². The molecule has 5 rings (SSSR count). The standard InChI is InChI=1S/C28H26ClN3O3S2.ClH/c29-25-15-16-26(36-25)37(34,35)30-24-13-11-23(12-14-24)28(33)32-19-17-31(18-20-32)27(21-7-3-1-4-8-21)22-9-5-2-6-10-22;/h1-16,27,30H,17-20H2;1H. The van der Waals surface area contributed by atoms with E-state index in [4.69, 9.17) is 11.6 Å². The maximum atomic E-state index is 13.2. The molecule has 1 aliphatic rings. The van der Waals surface area contributed by atoms with E-state index in [-0.39, 0.29) is 28.6 Å². The highest BCUT2D eigenvalue weighted by Gasteiger charge is 2.28. The number of carbonyl (C=O) groups excluding carboxylic acids is 1. The lowest BCUT2D eigenvalue weighted by Crippen LogP contribution is -2.49. The zero-order valence-corrected chi connectivity index (χ0v) is 23.6. The van der Waals surface area contributed by atoms with Gasteiger partial charge in [-0.25, -0.2) is 8.42 Å². The summed E-state index contributed by atoms with van der Waals surface area (Å²) in [6.07, 6.45) is 0. The molecule has 0 radical (unpaired) electrons. The Hall–Kier alpha value is -2.88. The largest absolute Gasteiger partial charge is 0.336 e. The summed E-state index contributed by atoms with van der Waals surface area (Å²) in [6, 6.07) is 30.6. The average Bonchev–Trinajstić information content (AvgIpc) is 3.38. The molecule has 0 aliphatic carbocycles. The fourth-order valence-corrected chi connectivity index (χ4v) is 7.12. The Labute approximate surface area is 238 Å². The van der Waals surface area contributed by atoms with Crippen molar-refractivity contribution in [3.05, 3.63) is 118 Å². The van der Waals surface area contributed by atoms with E-state index in [1.54, 1.807) is 30.3 Å². The van der Waals surface area contributed by atoms with E-state index < -0.39 is 10.0 Å². The van der Waals surface area contributed by atoms with Gasteiger partial charge in [0.1, 0.15) is 4.21 Å². The lowest BCUT2D eigenvalue weighted by Gasteiger charge is -2.39. The number of amides is 1. The van der Waals surface area contributed by atoms with Crippen molar-refractivity contribution in [1.82, 2.24) is 9.80 Å². The van der Waals surface area contributed by atoms with Gasteiger partial charge in [0.25, 0.3) is 15.9 Å². The van der Waals surface area contributed by atoms with Gasteiger partial charge in [0.2, 0.25) is 0 Å². The topological polar surface area (TPSA) is 69.7 Å². The monoisotopic (exact) mass is 587 g/mol. The minimum Gasteiger partial charge on any atom is -0.336 e. The van der Waals surface area contributed by atoms with Crippen molar-refractivity contribution in [1.29, 1.82) is 0 Å². The Balaban J connectivity index is 0.00000336. The van der Waals surface area contributed by atoms with E-state index in [9.17, 15) is 13.2 Å². The van der Waals surface area contributed by atoms with E-state index in [1.807, 2.05) is 17.0 Å². The molecule has 1 amide bonds. The summed E-state index contributed by atoms with van der Waals surface area (Å²) in [7, 11) is -3.72. The molecule has 0 spiro atoms. The third-order valence-electron chi connectivity index (χ3n) is 6.39. The van der Waals surface area contributed by atoms with Gasteiger partial charge in [-0.15, -0.1) is 23.7 Å². The van der Waals surface area contributed by atoms with Crippen LogP contribution in [-0.4, -0.2) is 50.3 Å². The lowest BCUT2D eigenvalue weighted by molar-refractivity contribution is 0.0597. The highest BCUT2D eigenvalue weighted by atomic mass is 35.5. The van der Waals surface area contributed by atoms with Crippen LogP contribution in [0.1, 0.15) is 27.5 Å². The van der Waals surface area contributed by atoms with Crippen molar-refractivity contribution < 1.29 is 13.2 Å². The molecule has 4 aromatic rings. The second-order valence-corrected chi connectivity index (χ2v) is 12.4. The van der Waals surface area contributed by atoms with Gasteiger partial charge in [0.15, 0.2) is 0 Å². The van der Waals surface area contributed by atoms with Crippen molar-refractivity contribution in [2.45, 2.75) is 10.3 Å². The SMILES string of the molecule is Cl.O=C(c1ccc(NS(=O)(=O)c2ccc(Cl)s2)cc1)N1CCN(C(c2ccccc2)c2ccccc2)CC1. The van der Waals surface area contributed by atoms with Gasteiger partial charge in [-0.1, -0.05) is 72.3 Å². The predicted molar refractivity (Wildman–Crippen MR) is 156 cm³/mol. The number of nitrogens with zero attached hydrogens (tertiary/aromatic N) is 2. The number of anilines is 1. The molecule has 6 nitrogen and oxygen atoms in total. The van der Waals surface area contributed by atoms with E-state index >= 15 is 0 Å². The van der Waals surface area contributed by atoms with Gasteiger partial charge in [0, 0.05) is 37.4 Å². The van der Waals surface area contributed by atoms with E-state index in [0.29, 0.717) is 28.7 Å². The molecule has 1 fully saturated rings. The van der Waals surface area contributed by atoms with Crippen LogP contribution in [-0.2, 0) is 10.0 Å². The molecule has 2 heterocycles. The Bertz CT molecular complexity index is 1420. The molecule has 1 aliphatic heterocycles. The Morgan fingerprint density at radius 3 is 1.84 bits per heavy atom. The zero-order valence-electron chi connectivity index (χ0n) is 20.4. The first-order valence-electron chi connectivity index (χ1n) is 11.9. The molecular formula is C28H27Cl2N3O3S2. The summed E-state index contributed by atoms with van der Waals surface area (Å²) in [6.45, 7) is 2.73. The summed E-state index contributed by atoms with van der Waals surface area (Å²) in [5.74, 6) is -0.0601. The third-order valence-corrected chi connectivity index (χ3v) is 9.50. The van der Waals surface area contributed by atoms with E-state index in [2.05, 4.69) is 58.2 Å². The maximum absolute atomic E-state index is 13.2. The summed E-state index contributed by atoms with van der Waals surface area (Å²) in [5, 5.41) is 0. The number of carbonyl (C=O) groups is 1. The number of sulfonamides is 1. The molecule has 3 aromatic carbocycles. The van der Waals surface area contributed by atoms with Crippen LogP contribution in [0, 0.1) is 0 Å². The van der Waals surface area contributed by atoms with Crippen molar-refractivity contribution in [2.24, 2.45) is 0 Å². The number of hydrogen-bond acceptors (Lipinski definition) is 5. The van der Waals surface area contributed by atoms with Gasteiger partial charge in [0.05, 0.1) is 10.4 Å². The van der Waals surface area contributed by atoms with Crippen LogP contribution < -0.4 is 4.72 Å². The molecule has 0 saturated carbocycles. The van der Waals surface area contributed by atoms with Crippen LogP contribution in [0.2, 0.25) is 4.34 Å². The average molecular weight is 589 g/mol. The lowest BCUT2D eigenvalue weighted by atomic mass is 9.96. The molecular weight excluding hydrogens is 561 g/mol. The quantitative estimate of drug-likeness (QED) is 0.280. The van der Waals surface area contributed by atoms with Gasteiger partial charge in [-0.3, -0.25) is 14.4 Å². The Kier molecular flexibility index (Phi) is 9.12. The van der Waals surface area contributed by atoms with Crippen molar-refractivity contribution in [3.8, 4) is 0 Å². The van der Waals surface area contributed by atoms with Crippen molar-refractivity contribution in [3.63, 3.8) is 0 Å². The minimum absolute atomic E-state index is 0. The van der Waals surface area contributed by atoms with Crippen LogP contribution in [0.3, 0.4) is 0 Å². The number of halogens is 2. The Morgan fingerprint density at radius 2 is 1.34 bits per heavy atom. The number of hydrogen-bond donors (Lipinski definition) is 1. The molecule has 10 heteroatoms. The van der Waals surface area contributed by atoms with Crippen LogP contribution in [0.4, 0.5) is 5.69 Å². The first-order valence-corrected chi connectivity index (χ1v) is 14.6. The summed E-state index contributed by atoms with van der Waals surface area (Å²) in [5.41, 5.74) is 3.38. The second-order valence-electron chi connectivity index (χ2n) is 8.79. The third kappa shape index (κ3) is 6.39. The predicted octanol–water partition coefficient (Wildman–Crippen LogP) is 6.17. The first-order chi connectivity index (χ1) is 17.9. The molecule has 1 saturated heterocycles. The summed E-state index contributed by atoms with van der Waals surface area (Å²) < 4.78 is 28.1. The highest BCUT2D eigenvalue weighted by Crippen LogP contribution is 2.30. The molecule has 38 heavy (non-hydrogen) atoms. The fourth-order valence-electron chi connectivity index (χ4n) is 4.58. The van der Waals surface area contributed by atoms with Gasteiger partial charge >= 0.3 is 0 Å². The molecule has 1 aromatic heterocycles. The molecule has 0 atom stereocenters. The number of nitrogens with one attached hydrogen (secondary N) is 1. The maximum Gasteiger partial charge on any atom is 0.271 e. The van der Waals surface area contributed by atoms with Crippen molar-refractivity contribution >= 4 is 57.0 Å². The number of benzene rings is 3. The molecule has 0 unspecified atom stereocenters. The van der Waals surface area contributed by atoms with E-state index in [0.717, 1.165) is 24.4 Å². The second kappa shape index (κ2) is 12.3. The smallest absolute Gasteiger partial charge is 0.271 e. The number of piperazine rings is 1. The van der Waals surface area contributed by atoms with Crippen LogP contribution in [0.15, 0.2) is 101 Å². The Morgan fingerprint density at radius 1 is 0.789 bits per heavy atom. The van der Waals surface area contributed by atoms with Crippen molar-refractivity contribution in [2.75, 3.05) is 30.9 Å². The highest BCUT2D eigenvalue weighted by molar-refractivity contribution is 7.94. The van der Waals surface area contributed by atoms with Gasteiger partial charge < -0.3 is 4.90 Å². The minimum atomic E-state index is -3.72. The zero-order chi connectivity index (χ0) is 25.8. The first kappa shape index (κ1) is 28.1. The van der Waals surface area contributed by atoms with E-state index in [1.165, 1.54) is 17.2 Å². The summed E-state index contributed by atoms with van der Waals surface area (Å²) in [4.78, 5) is 17.5. The number of rotatable bonds is 7. The number of thiophene rings is 1. The molecule has 198 valence electrons. The molecule has 0 bridgehead atoms. The summed E-state index contributed by atoms with van der Waals surface area (Å²) >= 11 is 6.86. The van der Waals surface area contributed by atoms with Crippen LogP contribution >= 0.6 is 35.3 Å². The fraction of sp³-hybridized carbons (Fsp3) is 0.179. The van der Waals surface area contributed by atoms with Crippen LogP contribution in [0.5, 0.6) is 0 Å². The van der Waals surface area contributed by atoms with Gasteiger partial charge in [-0.05, 0) is 47.5 Å². The molecule has 1 N–H and O–H groups in total.